The van der Waals surface area contributed by atoms with Gasteiger partial charge in [0.05, 0.1) is 11.3 Å². The Morgan fingerprint density at radius 1 is 1.16 bits per heavy atom. The normalized spacial score (nSPS) is 9.95. The summed E-state index contributed by atoms with van der Waals surface area (Å²) in [6.45, 7) is 0. The maximum atomic E-state index is 12.0. The lowest BCUT2D eigenvalue weighted by Crippen LogP contribution is -2.18. The van der Waals surface area contributed by atoms with Crippen molar-refractivity contribution in [3.8, 4) is 0 Å². The van der Waals surface area contributed by atoms with Gasteiger partial charge in [0.1, 0.15) is 10.3 Å². The van der Waals surface area contributed by atoms with E-state index in [4.69, 9.17) is 5.11 Å². The Morgan fingerprint density at radius 3 is 2.53 bits per heavy atom. The van der Waals surface area contributed by atoms with E-state index in [0.717, 1.165) is 0 Å². The molecule has 0 atom stereocenters. The summed E-state index contributed by atoms with van der Waals surface area (Å²) in [5.41, 5.74) is 0.139. The van der Waals surface area contributed by atoms with Crippen molar-refractivity contribution in [3.05, 3.63) is 52.5 Å². The first kappa shape index (κ1) is 13.2. The molecule has 2 heterocycles. The number of carbonyl (C=O) groups is 2. The number of nitrogens with zero attached hydrogens (tertiary/aromatic N) is 2. The van der Waals surface area contributed by atoms with E-state index in [1.165, 1.54) is 18.3 Å². The molecule has 2 rings (SSSR count). The van der Waals surface area contributed by atoms with Crippen LogP contribution in [0.15, 0.2) is 41.3 Å². The largest absolute Gasteiger partial charge is 0.478 e. The van der Waals surface area contributed by atoms with Gasteiger partial charge < -0.3 is 10.4 Å². The lowest BCUT2D eigenvalue weighted by atomic mass is 10.2. The van der Waals surface area contributed by atoms with Crippen LogP contribution in [0.25, 0.3) is 0 Å². The number of hydrogen-bond acceptors (Lipinski definition) is 4. The van der Waals surface area contributed by atoms with Crippen molar-refractivity contribution in [1.82, 2.24) is 9.97 Å². The van der Waals surface area contributed by atoms with Crippen LogP contribution in [0.2, 0.25) is 0 Å². The molecule has 0 aliphatic rings. The molecule has 0 aromatic carbocycles. The fraction of sp³-hybridized carbons (Fsp3) is 0. The Kier molecular flexibility index (Phi) is 3.86. The minimum atomic E-state index is -1.21. The number of nitrogens with one attached hydrogen (secondary N) is 1. The SMILES string of the molecule is O=C(O)c1cccnc1C(=O)Nc1cccnc1Br. The number of carboxylic acids is 1. The number of halogens is 1. The van der Waals surface area contributed by atoms with Gasteiger partial charge in [-0.2, -0.15) is 0 Å². The van der Waals surface area contributed by atoms with Gasteiger partial charge in [-0.1, -0.05) is 0 Å². The summed E-state index contributed by atoms with van der Waals surface area (Å²) >= 11 is 3.18. The van der Waals surface area contributed by atoms with Crippen molar-refractivity contribution >= 4 is 33.5 Å². The molecule has 0 aliphatic carbocycles. The van der Waals surface area contributed by atoms with E-state index in [1.54, 1.807) is 18.3 Å². The molecule has 0 bridgehead atoms. The van der Waals surface area contributed by atoms with Crippen molar-refractivity contribution in [1.29, 1.82) is 0 Å². The minimum absolute atomic E-state index is 0.147. The molecule has 6 nitrogen and oxygen atoms in total. The Balaban J connectivity index is 2.31. The monoisotopic (exact) mass is 321 g/mol. The highest BCUT2D eigenvalue weighted by molar-refractivity contribution is 9.10. The molecular weight excluding hydrogens is 314 g/mol. The van der Waals surface area contributed by atoms with Crippen LogP contribution >= 0.6 is 15.9 Å². The van der Waals surface area contributed by atoms with Gasteiger partial charge in [-0.25, -0.2) is 9.78 Å². The number of rotatable bonds is 3. The molecule has 2 aromatic heterocycles. The fourth-order valence-electron chi connectivity index (χ4n) is 1.42. The molecular formula is C12H8BrN3O3. The molecule has 0 radical (unpaired) electrons. The zero-order chi connectivity index (χ0) is 13.8. The van der Waals surface area contributed by atoms with E-state index in [2.05, 4.69) is 31.2 Å². The van der Waals surface area contributed by atoms with Crippen molar-refractivity contribution in [3.63, 3.8) is 0 Å². The van der Waals surface area contributed by atoms with Crippen molar-refractivity contribution in [2.45, 2.75) is 0 Å². The van der Waals surface area contributed by atoms with Crippen LogP contribution in [-0.4, -0.2) is 27.0 Å². The van der Waals surface area contributed by atoms with Gasteiger partial charge in [-0.05, 0) is 40.2 Å². The number of pyridine rings is 2. The predicted octanol–water partition coefficient (Wildman–Crippen LogP) is 2.19. The van der Waals surface area contributed by atoms with Crippen LogP contribution in [-0.2, 0) is 0 Å². The quantitative estimate of drug-likeness (QED) is 0.845. The summed E-state index contributed by atoms with van der Waals surface area (Å²) < 4.78 is 0.455. The van der Waals surface area contributed by atoms with Gasteiger partial charge in [-0.3, -0.25) is 9.78 Å². The van der Waals surface area contributed by atoms with Crippen LogP contribution in [0, 0.1) is 0 Å². The van der Waals surface area contributed by atoms with Gasteiger partial charge in [0.25, 0.3) is 5.91 Å². The summed E-state index contributed by atoms with van der Waals surface area (Å²) in [5.74, 6) is -1.81. The number of carbonyl (C=O) groups excluding carboxylic acids is 1. The van der Waals surface area contributed by atoms with Crippen molar-refractivity contribution < 1.29 is 14.7 Å². The van der Waals surface area contributed by atoms with E-state index in [1.807, 2.05) is 0 Å². The first-order valence-electron chi connectivity index (χ1n) is 5.20. The zero-order valence-electron chi connectivity index (χ0n) is 9.50. The molecule has 2 N–H and O–H groups in total. The standard InChI is InChI=1S/C12H8BrN3O3/c13-10-8(4-2-6-15-10)16-11(17)9-7(12(18)19)3-1-5-14-9/h1-6H,(H,16,17)(H,18,19). The molecule has 2 aromatic rings. The van der Waals surface area contributed by atoms with Crippen LogP contribution < -0.4 is 5.32 Å². The molecule has 0 unspecified atom stereocenters. The molecule has 0 saturated heterocycles. The summed E-state index contributed by atoms with van der Waals surface area (Å²) in [4.78, 5) is 30.8. The third kappa shape index (κ3) is 2.94. The smallest absolute Gasteiger partial charge is 0.338 e. The lowest BCUT2D eigenvalue weighted by molar-refractivity contribution is 0.0691. The molecule has 0 saturated carbocycles. The number of aromatic nitrogens is 2. The Bertz CT molecular complexity index is 646. The minimum Gasteiger partial charge on any atom is -0.478 e. The first-order valence-corrected chi connectivity index (χ1v) is 5.99. The number of hydrogen-bond donors (Lipinski definition) is 2. The average Bonchev–Trinajstić information content (AvgIpc) is 2.41. The van der Waals surface area contributed by atoms with E-state index in [0.29, 0.717) is 10.3 Å². The maximum Gasteiger partial charge on any atom is 0.338 e. The van der Waals surface area contributed by atoms with E-state index >= 15 is 0 Å². The summed E-state index contributed by atoms with van der Waals surface area (Å²) in [7, 11) is 0. The van der Waals surface area contributed by atoms with E-state index in [9.17, 15) is 9.59 Å². The van der Waals surface area contributed by atoms with Gasteiger partial charge in [0.15, 0.2) is 0 Å². The number of aromatic carboxylic acids is 1. The highest BCUT2D eigenvalue weighted by Gasteiger charge is 2.18. The van der Waals surface area contributed by atoms with Gasteiger partial charge in [-0.15, -0.1) is 0 Å². The topological polar surface area (TPSA) is 92.2 Å². The van der Waals surface area contributed by atoms with Crippen LogP contribution in [0.4, 0.5) is 5.69 Å². The molecule has 7 heteroatoms. The zero-order valence-corrected chi connectivity index (χ0v) is 11.1. The van der Waals surface area contributed by atoms with Crippen LogP contribution in [0.3, 0.4) is 0 Å². The highest BCUT2D eigenvalue weighted by Crippen LogP contribution is 2.19. The van der Waals surface area contributed by atoms with Crippen LogP contribution in [0.5, 0.6) is 0 Å². The first-order chi connectivity index (χ1) is 9.09. The Labute approximate surface area is 116 Å². The van der Waals surface area contributed by atoms with Gasteiger partial charge in [0.2, 0.25) is 0 Å². The number of anilines is 1. The van der Waals surface area contributed by atoms with Gasteiger partial charge in [0, 0.05) is 12.4 Å². The third-order valence-corrected chi connectivity index (χ3v) is 2.89. The highest BCUT2D eigenvalue weighted by atomic mass is 79.9. The Hall–Kier alpha value is -2.28. The second kappa shape index (κ2) is 5.57. The third-order valence-electron chi connectivity index (χ3n) is 2.26. The second-order valence-electron chi connectivity index (χ2n) is 3.50. The maximum absolute atomic E-state index is 12.0. The van der Waals surface area contributed by atoms with Crippen molar-refractivity contribution in [2.75, 3.05) is 5.32 Å². The Morgan fingerprint density at radius 2 is 1.84 bits per heavy atom. The fourth-order valence-corrected chi connectivity index (χ4v) is 1.77. The van der Waals surface area contributed by atoms with Crippen LogP contribution in [0.1, 0.15) is 20.8 Å². The molecule has 19 heavy (non-hydrogen) atoms. The van der Waals surface area contributed by atoms with Gasteiger partial charge >= 0.3 is 5.97 Å². The molecule has 96 valence electrons. The molecule has 0 aliphatic heterocycles. The summed E-state index contributed by atoms with van der Waals surface area (Å²) in [6, 6.07) is 6.07. The van der Waals surface area contributed by atoms with E-state index < -0.39 is 11.9 Å². The summed E-state index contributed by atoms with van der Waals surface area (Å²) in [5, 5.41) is 11.5. The molecule has 1 amide bonds. The predicted molar refractivity (Wildman–Crippen MR) is 71.1 cm³/mol. The number of amides is 1. The average molecular weight is 322 g/mol. The van der Waals surface area contributed by atoms with E-state index in [-0.39, 0.29) is 11.3 Å². The van der Waals surface area contributed by atoms with Crippen molar-refractivity contribution in [2.24, 2.45) is 0 Å². The molecule has 0 fully saturated rings. The number of carboxylic acid groups (broad SMARTS) is 1. The summed E-state index contributed by atoms with van der Waals surface area (Å²) in [6.07, 6.45) is 2.92. The molecule has 0 spiro atoms. The second-order valence-corrected chi connectivity index (χ2v) is 4.25. The lowest BCUT2D eigenvalue weighted by Gasteiger charge is -2.07.